The summed E-state index contributed by atoms with van der Waals surface area (Å²) in [4.78, 5) is 24.4. The fraction of sp³-hybridized carbons (Fsp3) is 0.500. The van der Waals surface area contributed by atoms with Crippen molar-refractivity contribution in [1.82, 2.24) is 4.90 Å². The van der Waals surface area contributed by atoms with Gasteiger partial charge in [0.15, 0.2) is 0 Å². The van der Waals surface area contributed by atoms with Gasteiger partial charge in [-0.05, 0) is 19.9 Å². The van der Waals surface area contributed by atoms with E-state index in [1.807, 2.05) is 0 Å². The zero-order chi connectivity index (χ0) is 13.0. The van der Waals surface area contributed by atoms with Crippen LogP contribution in [0.4, 0.5) is 0 Å². The standard InChI is InChI=1S/C12H17NO4/c1-8-7-10(9(2)17-8)12(15)13(3)6-5-11(14)16-4/h7H,5-6H2,1-4H3. The largest absolute Gasteiger partial charge is 0.469 e. The molecule has 0 unspecified atom stereocenters. The van der Waals surface area contributed by atoms with Gasteiger partial charge < -0.3 is 14.1 Å². The maximum atomic E-state index is 12.0. The summed E-state index contributed by atoms with van der Waals surface area (Å²) >= 11 is 0. The summed E-state index contributed by atoms with van der Waals surface area (Å²) in [7, 11) is 2.97. The first kappa shape index (κ1) is 13.3. The molecule has 0 fully saturated rings. The summed E-state index contributed by atoms with van der Waals surface area (Å²) in [6.45, 7) is 3.86. The number of methoxy groups -OCH3 is 1. The van der Waals surface area contributed by atoms with E-state index < -0.39 is 0 Å². The molecule has 0 spiro atoms. The fourth-order valence-electron chi connectivity index (χ4n) is 1.51. The Kier molecular flexibility index (Phi) is 4.31. The number of carbonyl (C=O) groups excluding carboxylic acids is 2. The highest BCUT2D eigenvalue weighted by molar-refractivity contribution is 5.95. The Morgan fingerprint density at radius 3 is 2.53 bits per heavy atom. The number of amides is 1. The average Bonchev–Trinajstić information content (AvgIpc) is 2.63. The van der Waals surface area contributed by atoms with Gasteiger partial charge in [0, 0.05) is 13.6 Å². The van der Waals surface area contributed by atoms with Gasteiger partial charge >= 0.3 is 5.97 Å². The van der Waals surface area contributed by atoms with E-state index >= 15 is 0 Å². The maximum Gasteiger partial charge on any atom is 0.307 e. The predicted molar refractivity (Wildman–Crippen MR) is 61.8 cm³/mol. The smallest absolute Gasteiger partial charge is 0.307 e. The van der Waals surface area contributed by atoms with Gasteiger partial charge in [0.05, 0.1) is 19.1 Å². The predicted octanol–water partition coefficient (Wildman–Crippen LogP) is 1.53. The van der Waals surface area contributed by atoms with Crippen LogP contribution in [0.5, 0.6) is 0 Å². The van der Waals surface area contributed by atoms with E-state index in [4.69, 9.17) is 4.42 Å². The van der Waals surface area contributed by atoms with Crippen LogP contribution in [0.2, 0.25) is 0 Å². The van der Waals surface area contributed by atoms with Crippen molar-refractivity contribution in [3.63, 3.8) is 0 Å². The van der Waals surface area contributed by atoms with Crippen LogP contribution >= 0.6 is 0 Å². The minimum Gasteiger partial charge on any atom is -0.469 e. The highest BCUT2D eigenvalue weighted by Crippen LogP contribution is 2.15. The normalized spacial score (nSPS) is 10.1. The second-order valence-corrected chi connectivity index (χ2v) is 3.88. The number of ether oxygens (including phenoxy) is 1. The molecule has 5 nitrogen and oxygen atoms in total. The number of carbonyl (C=O) groups is 2. The molecule has 5 heteroatoms. The summed E-state index contributed by atoms with van der Waals surface area (Å²) in [5.74, 6) is 0.817. The van der Waals surface area contributed by atoms with E-state index in [1.165, 1.54) is 12.0 Å². The van der Waals surface area contributed by atoms with E-state index in [0.29, 0.717) is 23.6 Å². The number of rotatable bonds is 4. The van der Waals surface area contributed by atoms with Gasteiger partial charge in [-0.1, -0.05) is 0 Å². The Morgan fingerprint density at radius 1 is 1.41 bits per heavy atom. The third-order valence-electron chi connectivity index (χ3n) is 2.50. The number of esters is 1. The number of hydrogen-bond acceptors (Lipinski definition) is 4. The summed E-state index contributed by atoms with van der Waals surface area (Å²) in [6, 6.07) is 1.70. The van der Waals surface area contributed by atoms with E-state index in [-0.39, 0.29) is 18.3 Å². The lowest BCUT2D eigenvalue weighted by molar-refractivity contribution is -0.140. The van der Waals surface area contributed by atoms with Crippen molar-refractivity contribution in [2.75, 3.05) is 20.7 Å². The number of hydrogen-bond donors (Lipinski definition) is 0. The van der Waals surface area contributed by atoms with Crippen molar-refractivity contribution in [3.8, 4) is 0 Å². The highest BCUT2D eigenvalue weighted by atomic mass is 16.5. The third-order valence-corrected chi connectivity index (χ3v) is 2.50. The summed E-state index contributed by atoms with van der Waals surface area (Å²) < 4.78 is 9.81. The van der Waals surface area contributed by atoms with Crippen LogP contribution in [-0.2, 0) is 9.53 Å². The molecule has 0 aromatic carbocycles. The van der Waals surface area contributed by atoms with E-state index in [1.54, 1.807) is 27.0 Å². The lowest BCUT2D eigenvalue weighted by atomic mass is 10.2. The molecule has 0 saturated heterocycles. The molecule has 0 atom stereocenters. The molecule has 1 aromatic rings. The Labute approximate surface area is 100 Å². The molecule has 1 heterocycles. The zero-order valence-corrected chi connectivity index (χ0v) is 10.6. The average molecular weight is 239 g/mol. The van der Waals surface area contributed by atoms with E-state index in [0.717, 1.165) is 0 Å². The molecule has 0 N–H and O–H groups in total. The maximum absolute atomic E-state index is 12.0. The van der Waals surface area contributed by atoms with Crippen LogP contribution in [0.3, 0.4) is 0 Å². The summed E-state index contributed by atoms with van der Waals surface area (Å²) in [5, 5.41) is 0. The molecule has 0 aliphatic rings. The molecule has 0 saturated carbocycles. The minimum absolute atomic E-state index is 0.150. The number of nitrogens with zero attached hydrogens (tertiary/aromatic N) is 1. The number of aryl methyl sites for hydroxylation is 2. The van der Waals surface area contributed by atoms with Crippen molar-refractivity contribution in [2.24, 2.45) is 0 Å². The van der Waals surface area contributed by atoms with Gasteiger partial charge in [-0.25, -0.2) is 0 Å². The summed E-state index contributed by atoms with van der Waals surface area (Å²) in [6.07, 6.45) is 0.189. The topological polar surface area (TPSA) is 59.8 Å². The van der Waals surface area contributed by atoms with Crippen LogP contribution in [0.15, 0.2) is 10.5 Å². The van der Waals surface area contributed by atoms with Crippen LogP contribution in [0.25, 0.3) is 0 Å². The quantitative estimate of drug-likeness (QED) is 0.748. The van der Waals surface area contributed by atoms with Crippen LogP contribution < -0.4 is 0 Å². The first-order chi connectivity index (χ1) is 7.95. The highest BCUT2D eigenvalue weighted by Gasteiger charge is 2.18. The molecule has 0 aliphatic carbocycles. The van der Waals surface area contributed by atoms with Crippen LogP contribution in [0, 0.1) is 13.8 Å². The van der Waals surface area contributed by atoms with Crippen molar-refractivity contribution < 1.29 is 18.7 Å². The Hall–Kier alpha value is -1.78. The molecule has 1 rings (SSSR count). The molecular weight excluding hydrogens is 222 g/mol. The fourth-order valence-corrected chi connectivity index (χ4v) is 1.51. The Morgan fingerprint density at radius 2 is 2.06 bits per heavy atom. The molecule has 0 radical (unpaired) electrons. The second-order valence-electron chi connectivity index (χ2n) is 3.88. The van der Waals surface area contributed by atoms with Gasteiger partial charge in [-0.15, -0.1) is 0 Å². The first-order valence-electron chi connectivity index (χ1n) is 5.35. The SMILES string of the molecule is COC(=O)CCN(C)C(=O)c1cc(C)oc1C. The van der Waals surface area contributed by atoms with Gasteiger partial charge in [0.25, 0.3) is 5.91 Å². The molecule has 0 bridgehead atoms. The van der Waals surface area contributed by atoms with E-state index in [2.05, 4.69) is 4.74 Å². The summed E-state index contributed by atoms with van der Waals surface area (Å²) in [5.41, 5.74) is 0.537. The first-order valence-corrected chi connectivity index (χ1v) is 5.35. The Balaban J connectivity index is 2.64. The molecule has 1 aromatic heterocycles. The monoisotopic (exact) mass is 239 g/mol. The lowest BCUT2D eigenvalue weighted by Gasteiger charge is -2.15. The molecule has 94 valence electrons. The van der Waals surface area contributed by atoms with Gasteiger partial charge in [0.1, 0.15) is 11.5 Å². The van der Waals surface area contributed by atoms with Crippen molar-refractivity contribution in [1.29, 1.82) is 0 Å². The molecule has 0 aliphatic heterocycles. The number of furan rings is 1. The van der Waals surface area contributed by atoms with Gasteiger partial charge in [-0.3, -0.25) is 9.59 Å². The lowest BCUT2D eigenvalue weighted by Crippen LogP contribution is -2.29. The molecule has 1 amide bonds. The van der Waals surface area contributed by atoms with Crippen LogP contribution in [-0.4, -0.2) is 37.5 Å². The minimum atomic E-state index is -0.329. The van der Waals surface area contributed by atoms with Gasteiger partial charge in [-0.2, -0.15) is 0 Å². The van der Waals surface area contributed by atoms with Crippen molar-refractivity contribution in [2.45, 2.75) is 20.3 Å². The van der Waals surface area contributed by atoms with Crippen LogP contribution in [0.1, 0.15) is 28.3 Å². The second kappa shape index (κ2) is 5.52. The Bertz CT molecular complexity index is 422. The molecular formula is C12H17NO4. The molecule has 17 heavy (non-hydrogen) atoms. The van der Waals surface area contributed by atoms with Crippen molar-refractivity contribution >= 4 is 11.9 Å². The van der Waals surface area contributed by atoms with E-state index in [9.17, 15) is 9.59 Å². The van der Waals surface area contributed by atoms with Gasteiger partial charge in [0.2, 0.25) is 0 Å². The van der Waals surface area contributed by atoms with Crippen molar-refractivity contribution in [3.05, 3.63) is 23.2 Å². The third kappa shape index (κ3) is 3.34. The zero-order valence-electron chi connectivity index (χ0n) is 10.6.